The summed E-state index contributed by atoms with van der Waals surface area (Å²) in [5.74, 6) is 0. The van der Waals surface area contributed by atoms with Crippen LogP contribution in [0.1, 0.15) is 0 Å². The number of rotatable bonds is 2. The Morgan fingerprint density at radius 1 is 1.14 bits per heavy atom. The topological polar surface area (TPSA) is 43.5 Å². The standard InChI is InChI=1S/C3H6O4/c1-4-3(5-2)6-7-3/h1-2H3. The van der Waals surface area contributed by atoms with E-state index < -0.39 is 6.16 Å². The highest BCUT2D eigenvalue weighted by molar-refractivity contribution is 4.36. The molecule has 1 aliphatic rings. The fourth-order valence-corrected chi connectivity index (χ4v) is 0.253. The molecule has 0 atom stereocenters. The molecule has 7 heavy (non-hydrogen) atoms. The molecule has 0 amide bonds. The maximum atomic E-state index is 4.53. The molecule has 0 unspecified atom stereocenters. The van der Waals surface area contributed by atoms with Crippen LogP contribution in [-0.4, -0.2) is 20.4 Å². The first-order chi connectivity index (χ1) is 3.33. The van der Waals surface area contributed by atoms with Crippen molar-refractivity contribution in [1.82, 2.24) is 0 Å². The first-order valence-corrected chi connectivity index (χ1v) is 1.80. The second-order valence-electron chi connectivity index (χ2n) is 1.07. The van der Waals surface area contributed by atoms with Crippen LogP contribution < -0.4 is 0 Å². The quantitative estimate of drug-likeness (QED) is 0.279. The molecule has 0 spiro atoms. The molecule has 4 nitrogen and oxygen atoms in total. The second kappa shape index (κ2) is 1.41. The lowest BCUT2D eigenvalue weighted by atomic mass is 11.1. The average molecular weight is 106 g/mol. The lowest BCUT2D eigenvalue weighted by Crippen LogP contribution is -2.14. The van der Waals surface area contributed by atoms with Crippen LogP contribution in [0.25, 0.3) is 0 Å². The van der Waals surface area contributed by atoms with Crippen molar-refractivity contribution in [2.45, 2.75) is 6.16 Å². The number of methoxy groups -OCH3 is 2. The van der Waals surface area contributed by atoms with Crippen molar-refractivity contribution in [3.05, 3.63) is 0 Å². The zero-order valence-corrected chi connectivity index (χ0v) is 4.13. The summed E-state index contributed by atoms with van der Waals surface area (Å²) in [5.41, 5.74) is 0. The SMILES string of the molecule is COC1(OC)OO1. The molecule has 0 N–H and O–H groups in total. The van der Waals surface area contributed by atoms with E-state index in [4.69, 9.17) is 0 Å². The number of ether oxygens (including phenoxy) is 2. The van der Waals surface area contributed by atoms with Gasteiger partial charge in [-0.05, 0) is 0 Å². The Bertz CT molecular complexity index is 61.3. The highest BCUT2D eigenvalue weighted by atomic mass is 17.5. The third kappa shape index (κ3) is 0.733. The van der Waals surface area contributed by atoms with E-state index in [1.54, 1.807) is 0 Å². The van der Waals surface area contributed by atoms with E-state index in [0.717, 1.165) is 0 Å². The Balaban J connectivity index is 2.28. The van der Waals surface area contributed by atoms with E-state index in [9.17, 15) is 0 Å². The molecule has 0 aromatic heterocycles. The molecule has 0 aliphatic carbocycles. The van der Waals surface area contributed by atoms with Gasteiger partial charge in [0.05, 0.1) is 0 Å². The van der Waals surface area contributed by atoms with Crippen molar-refractivity contribution in [3.8, 4) is 0 Å². The summed E-state index contributed by atoms with van der Waals surface area (Å²) >= 11 is 0. The lowest BCUT2D eigenvalue weighted by Gasteiger charge is -1.96. The van der Waals surface area contributed by atoms with Crippen molar-refractivity contribution in [2.75, 3.05) is 14.2 Å². The molecule has 0 bridgehead atoms. The first kappa shape index (κ1) is 4.99. The van der Waals surface area contributed by atoms with E-state index in [1.165, 1.54) is 14.2 Å². The zero-order chi connectivity index (χ0) is 5.33. The predicted octanol–water partition coefficient (Wildman–Crippen LogP) is -0.148. The van der Waals surface area contributed by atoms with E-state index in [1.807, 2.05) is 0 Å². The second-order valence-corrected chi connectivity index (χ2v) is 1.07. The fourth-order valence-electron chi connectivity index (χ4n) is 0.253. The summed E-state index contributed by atoms with van der Waals surface area (Å²) in [6, 6.07) is 0. The third-order valence-corrected chi connectivity index (χ3v) is 0.719. The van der Waals surface area contributed by atoms with Crippen molar-refractivity contribution in [2.24, 2.45) is 0 Å². The van der Waals surface area contributed by atoms with Gasteiger partial charge in [-0.1, -0.05) is 0 Å². The molecule has 1 heterocycles. The van der Waals surface area contributed by atoms with E-state index in [2.05, 4.69) is 19.2 Å². The van der Waals surface area contributed by atoms with Crippen molar-refractivity contribution in [3.63, 3.8) is 0 Å². The molecule has 0 aromatic rings. The predicted molar refractivity (Wildman–Crippen MR) is 18.9 cm³/mol. The van der Waals surface area contributed by atoms with Gasteiger partial charge in [0.25, 0.3) is 0 Å². The first-order valence-electron chi connectivity index (χ1n) is 1.80. The maximum absolute atomic E-state index is 4.53. The molecule has 1 saturated heterocycles. The van der Waals surface area contributed by atoms with Gasteiger partial charge in [-0.15, -0.1) is 9.78 Å². The molecule has 1 fully saturated rings. The van der Waals surface area contributed by atoms with Gasteiger partial charge < -0.3 is 9.47 Å². The third-order valence-electron chi connectivity index (χ3n) is 0.719. The Morgan fingerprint density at radius 2 is 1.57 bits per heavy atom. The van der Waals surface area contributed by atoms with Crippen LogP contribution in [0.4, 0.5) is 0 Å². The van der Waals surface area contributed by atoms with Crippen molar-refractivity contribution in [1.29, 1.82) is 0 Å². The Hall–Kier alpha value is -0.160. The Labute approximate surface area is 40.8 Å². The van der Waals surface area contributed by atoms with Crippen LogP contribution in [0.2, 0.25) is 0 Å². The number of hydrogen-bond donors (Lipinski definition) is 0. The van der Waals surface area contributed by atoms with Gasteiger partial charge in [-0.2, -0.15) is 0 Å². The molecular formula is C3H6O4. The summed E-state index contributed by atoms with van der Waals surface area (Å²) in [4.78, 5) is 8.50. The van der Waals surface area contributed by atoms with E-state index in [0.29, 0.717) is 0 Å². The summed E-state index contributed by atoms with van der Waals surface area (Å²) in [5, 5.41) is 0. The molecule has 0 radical (unpaired) electrons. The van der Waals surface area contributed by atoms with Gasteiger partial charge in [-0.25, -0.2) is 0 Å². The fraction of sp³-hybridized carbons (Fsp3) is 1.00. The molecule has 1 aliphatic heterocycles. The minimum atomic E-state index is -1.17. The van der Waals surface area contributed by atoms with Gasteiger partial charge in [0.1, 0.15) is 0 Å². The monoisotopic (exact) mass is 106 g/mol. The van der Waals surface area contributed by atoms with Crippen molar-refractivity contribution < 1.29 is 19.2 Å². The Morgan fingerprint density at radius 3 is 1.57 bits per heavy atom. The largest absolute Gasteiger partial charge is 0.466 e. The summed E-state index contributed by atoms with van der Waals surface area (Å²) in [6.45, 7) is 0. The zero-order valence-electron chi connectivity index (χ0n) is 4.13. The van der Waals surface area contributed by atoms with Crippen LogP contribution in [0.5, 0.6) is 0 Å². The smallest absolute Gasteiger partial charge is 0.303 e. The van der Waals surface area contributed by atoms with Crippen LogP contribution >= 0.6 is 0 Å². The Kier molecular flexibility index (Phi) is 1.01. The summed E-state index contributed by atoms with van der Waals surface area (Å²) in [7, 11) is 2.85. The number of hydrogen-bond acceptors (Lipinski definition) is 4. The minimum absolute atomic E-state index is 1.17. The molecular weight excluding hydrogens is 100 g/mol. The molecule has 1 rings (SSSR count). The summed E-state index contributed by atoms with van der Waals surface area (Å²) < 4.78 is 9.06. The van der Waals surface area contributed by atoms with E-state index >= 15 is 0 Å². The molecule has 4 heteroatoms. The van der Waals surface area contributed by atoms with Gasteiger partial charge in [0, 0.05) is 14.2 Å². The van der Waals surface area contributed by atoms with Crippen LogP contribution in [-0.2, 0) is 19.2 Å². The maximum Gasteiger partial charge on any atom is 0.466 e. The summed E-state index contributed by atoms with van der Waals surface area (Å²) in [6.07, 6.45) is -1.17. The van der Waals surface area contributed by atoms with Crippen LogP contribution in [0, 0.1) is 0 Å². The van der Waals surface area contributed by atoms with Gasteiger partial charge in [0.2, 0.25) is 0 Å². The average Bonchev–Trinajstić information content (AvgIpc) is 2.46. The van der Waals surface area contributed by atoms with E-state index in [-0.39, 0.29) is 0 Å². The van der Waals surface area contributed by atoms with Crippen molar-refractivity contribution >= 4 is 0 Å². The minimum Gasteiger partial charge on any atom is -0.303 e. The van der Waals surface area contributed by atoms with Crippen LogP contribution in [0.3, 0.4) is 0 Å². The highest BCUT2D eigenvalue weighted by Crippen LogP contribution is 2.29. The lowest BCUT2D eigenvalue weighted by molar-refractivity contribution is -0.214. The van der Waals surface area contributed by atoms with Crippen LogP contribution in [0.15, 0.2) is 0 Å². The molecule has 42 valence electrons. The van der Waals surface area contributed by atoms with Gasteiger partial charge in [-0.3, -0.25) is 0 Å². The molecule has 0 saturated carbocycles. The highest BCUT2D eigenvalue weighted by Gasteiger charge is 2.51. The normalized spacial score (nSPS) is 24.9. The molecule has 0 aromatic carbocycles. The van der Waals surface area contributed by atoms with Gasteiger partial charge >= 0.3 is 6.16 Å². The van der Waals surface area contributed by atoms with Gasteiger partial charge in [0.15, 0.2) is 0 Å².